The minimum atomic E-state index is -0.00619. The Hall–Kier alpha value is -3.11. The van der Waals surface area contributed by atoms with Crippen molar-refractivity contribution in [3.05, 3.63) is 59.7 Å². The van der Waals surface area contributed by atoms with Gasteiger partial charge in [0.25, 0.3) is 0 Å². The number of nitriles is 1. The third-order valence-corrected chi connectivity index (χ3v) is 5.67. The molecule has 154 valence electrons. The van der Waals surface area contributed by atoms with Gasteiger partial charge in [0, 0.05) is 24.3 Å². The number of amides is 1. The first-order valence-electron chi connectivity index (χ1n) is 9.90. The molecule has 1 heterocycles. The molecule has 0 aliphatic carbocycles. The summed E-state index contributed by atoms with van der Waals surface area (Å²) in [5.74, 6) is 0.986. The SMILES string of the molecule is CCN(CCC#N)C(=O)CSc1nnc(-c2cccc(C)c2)n1-c1ccc(C)cc1. The summed E-state index contributed by atoms with van der Waals surface area (Å²) >= 11 is 1.37. The first-order chi connectivity index (χ1) is 14.5. The maximum absolute atomic E-state index is 12.6. The van der Waals surface area contributed by atoms with Crippen LogP contribution in [0.1, 0.15) is 24.5 Å². The standard InChI is InChI=1S/C23H25N5OS/c1-4-27(14-6-13-24)21(29)16-30-23-26-25-22(19-8-5-7-18(3)15-19)28(23)20-11-9-17(2)10-12-20/h5,7-12,15H,4,6,14,16H2,1-3H3. The van der Waals surface area contributed by atoms with Crippen molar-refractivity contribution in [1.82, 2.24) is 19.7 Å². The van der Waals surface area contributed by atoms with Crippen LogP contribution in [-0.2, 0) is 4.79 Å². The number of aromatic nitrogens is 3. The normalized spacial score (nSPS) is 10.6. The maximum Gasteiger partial charge on any atom is 0.233 e. The van der Waals surface area contributed by atoms with E-state index in [0.29, 0.717) is 24.7 Å². The molecule has 2 aromatic carbocycles. The second-order valence-electron chi connectivity index (χ2n) is 7.02. The minimum Gasteiger partial charge on any atom is -0.341 e. The van der Waals surface area contributed by atoms with Crippen LogP contribution in [0.3, 0.4) is 0 Å². The molecule has 0 fully saturated rings. The Balaban J connectivity index is 1.92. The van der Waals surface area contributed by atoms with Crippen molar-refractivity contribution < 1.29 is 4.79 Å². The number of benzene rings is 2. The highest BCUT2D eigenvalue weighted by atomic mass is 32.2. The van der Waals surface area contributed by atoms with Crippen molar-refractivity contribution in [2.24, 2.45) is 0 Å². The monoisotopic (exact) mass is 419 g/mol. The highest BCUT2D eigenvalue weighted by molar-refractivity contribution is 7.99. The summed E-state index contributed by atoms with van der Waals surface area (Å²) in [5, 5.41) is 18.3. The van der Waals surface area contributed by atoms with Gasteiger partial charge in [0.2, 0.25) is 5.91 Å². The zero-order valence-corrected chi connectivity index (χ0v) is 18.3. The van der Waals surface area contributed by atoms with E-state index in [1.165, 1.54) is 17.3 Å². The molecule has 6 nitrogen and oxygen atoms in total. The Morgan fingerprint density at radius 3 is 2.57 bits per heavy atom. The predicted molar refractivity (Wildman–Crippen MR) is 119 cm³/mol. The van der Waals surface area contributed by atoms with Gasteiger partial charge in [0.1, 0.15) is 0 Å². The molecular weight excluding hydrogens is 394 g/mol. The number of nitrogens with zero attached hydrogens (tertiary/aromatic N) is 5. The van der Waals surface area contributed by atoms with E-state index in [4.69, 9.17) is 5.26 Å². The van der Waals surface area contributed by atoms with E-state index in [0.717, 1.165) is 22.6 Å². The molecule has 3 rings (SSSR count). The van der Waals surface area contributed by atoms with Crippen molar-refractivity contribution in [1.29, 1.82) is 5.26 Å². The molecule has 0 atom stereocenters. The molecule has 0 saturated heterocycles. The molecule has 0 aliphatic rings. The summed E-state index contributed by atoms with van der Waals surface area (Å²) in [7, 11) is 0. The van der Waals surface area contributed by atoms with E-state index in [2.05, 4.69) is 34.5 Å². The molecule has 0 N–H and O–H groups in total. The van der Waals surface area contributed by atoms with Crippen LogP contribution in [0.2, 0.25) is 0 Å². The Kier molecular flexibility index (Phi) is 7.26. The summed E-state index contributed by atoms with van der Waals surface area (Å²) in [5.41, 5.74) is 4.25. The van der Waals surface area contributed by atoms with Crippen LogP contribution in [0.15, 0.2) is 53.7 Å². The number of carbonyl (C=O) groups is 1. The third-order valence-electron chi connectivity index (χ3n) is 4.75. The molecule has 3 aromatic rings. The van der Waals surface area contributed by atoms with Gasteiger partial charge in [-0.3, -0.25) is 9.36 Å². The average molecular weight is 420 g/mol. The van der Waals surface area contributed by atoms with Gasteiger partial charge in [0.05, 0.1) is 18.2 Å². The van der Waals surface area contributed by atoms with Crippen LogP contribution in [0.5, 0.6) is 0 Å². The molecular formula is C23H25N5OS. The van der Waals surface area contributed by atoms with Crippen LogP contribution < -0.4 is 0 Å². The van der Waals surface area contributed by atoms with Crippen molar-refractivity contribution in [3.8, 4) is 23.1 Å². The summed E-state index contributed by atoms with van der Waals surface area (Å²) < 4.78 is 2.00. The Morgan fingerprint density at radius 1 is 1.13 bits per heavy atom. The van der Waals surface area contributed by atoms with Gasteiger partial charge in [-0.15, -0.1) is 10.2 Å². The molecule has 30 heavy (non-hydrogen) atoms. The first-order valence-corrected chi connectivity index (χ1v) is 10.9. The van der Waals surface area contributed by atoms with Crippen molar-refractivity contribution in [2.75, 3.05) is 18.8 Å². The second kappa shape index (κ2) is 10.1. The van der Waals surface area contributed by atoms with Crippen LogP contribution >= 0.6 is 11.8 Å². The highest BCUT2D eigenvalue weighted by Gasteiger charge is 2.19. The lowest BCUT2D eigenvalue weighted by molar-refractivity contribution is -0.128. The smallest absolute Gasteiger partial charge is 0.233 e. The molecule has 0 radical (unpaired) electrons. The summed E-state index contributed by atoms with van der Waals surface area (Å²) in [6.45, 7) is 7.05. The Bertz CT molecular complexity index is 1050. The number of hydrogen-bond donors (Lipinski definition) is 0. The lowest BCUT2D eigenvalue weighted by atomic mass is 10.1. The number of rotatable bonds is 8. The van der Waals surface area contributed by atoms with Crippen LogP contribution in [0.4, 0.5) is 0 Å². The number of carbonyl (C=O) groups excluding carboxylic acids is 1. The van der Waals surface area contributed by atoms with Gasteiger partial charge in [-0.2, -0.15) is 5.26 Å². The maximum atomic E-state index is 12.6. The zero-order valence-electron chi connectivity index (χ0n) is 17.5. The number of aryl methyl sites for hydroxylation is 2. The van der Waals surface area contributed by atoms with Gasteiger partial charge >= 0.3 is 0 Å². The molecule has 0 unspecified atom stereocenters. The number of hydrogen-bond acceptors (Lipinski definition) is 5. The highest BCUT2D eigenvalue weighted by Crippen LogP contribution is 2.28. The van der Waals surface area contributed by atoms with Crippen LogP contribution in [0, 0.1) is 25.2 Å². The van der Waals surface area contributed by atoms with Crippen molar-refractivity contribution in [3.63, 3.8) is 0 Å². The topological polar surface area (TPSA) is 74.8 Å². The van der Waals surface area contributed by atoms with E-state index in [9.17, 15) is 4.79 Å². The Labute approximate surface area is 181 Å². The second-order valence-corrected chi connectivity index (χ2v) is 7.96. The largest absolute Gasteiger partial charge is 0.341 e. The lowest BCUT2D eigenvalue weighted by Gasteiger charge is -2.19. The summed E-state index contributed by atoms with van der Waals surface area (Å²) in [6, 6.07) is 18.4. The molecule has 7 heteroatoms. The number of thioether (sulfide) groups is 1. The van der Waals surface area contributed by atoms with E-state index >= 15 is 0 Å². The van der Waals surface area contributed by atoms with Gasteiger partial charge in [-0.25, -0.2) is 0 Å². The Morgan fingerprint density at radius 2 is 1.90 bits per heavy atom. The average Bonchev–Trinajstić information content (AvgIpc) is 3.17. The first kappa shape index (κ1) is 21.6. The van der Waals surface area contributed by atoms with Gasteiger partial charge < -0.3 is 4.90 Å². The van der Waals surface area contributed by atoms with E-state index in [-0.39, 0.29) is 11.7 Å². The minimum absolute atomic E-state index is 0.00619. The van der Waals surface area contributed by atoms with E-state index in [1.807, 2.05) is 55.7 Å². The predicted octanol–water partition coefficient (Wildman–Crippen LogP) is 4.41. The zero-order chi connectivity index (χ0) is 21.5. The van der Waals surface area contributed by atoms with Gasteiger partial charge in [0.15, 0.2) is 11.0 Å². The van der Waals surface area contributed by atoms with Crippen molar-refractivity contribution in [2.45, 2.75) is 32.3 Å². The van der Waals surface area contributed by atoms with Crippen molar-refractivity contribution >= 4 is 17.7 Å². The molecule has 0 spiro atoms. The third kappa shape index (κ3) is 5.08. The molecule has 0 saturated carbocycles. The molecule has 1 aromatic heterocycles. The fourth-order valence-corrected chi connectivity index (χ4v) is 3.98. The van der Waals surface area contributed by atoms with Crippen LogP contribution in [0.25, 0.3) is 17.1 Å². The van der Waals surface area contributed by atoms with E-state index < -0.39 is 0 Å². The summed E-state index contributed by atoms with van der Waals surface area (Å²) in [6.07, 6.45) is 0.335. The molecule has 1 amide bonds. The van der Waals surface area contributed by atoms with Crippen LogP contribution in [-0.4, -0.2) is 44.4 Å². The molecule has 0 bridgehead atoms. The van der Waals surface area contributed by atoms with Gasteiger partial charge in [-0.1, -0.05) is 53.2 Å². The lowest BCUT2D eigenvalue weighted by Crippen LogP contribution is -2.33. The van der Waals surface area contributed by atoms with E-state index in [1.54, 1.807) is 4.90 Å². The van der Waals surface area contributed by atoms with Gasteiger partial charge in [-0.05, 0) is 39.0 Å². The fraction of sp³-hybridized carbons (Fsp3) is 0.304. The quantitative estimate of drug-likeness (QED) is 0.506. The fourth-order valence-electron chi connectivity index (χ4n) is 3.12. The molecule has 0 aliphatic heterocycles. The summed E-state index contributed by atoms with van der Waals surface area (Å²) in [4.78, 5) is 14.3.